The van der Waals surface area contributed by atoms with Crippen LogP contribution in [0.5, 0.6) is 0 Å². The van der Waals surface area contributed by atoms with E-state index in [1.54, 1.807) is 37.7 Å². The summed E-state index contributed by atoms with van der Waals surface area (Å²) in [6.07, 6.45) is 5.07. The van der Waals surface area contributed by atoms with Crippen LogP contribution in [0.2, 0.25) is 0 Å². The topological polar surface area (TPSA) is 50.2 Å². The summed E-state index contributed by atoms with van der Waals surface area (Å²) in [7, 11) is 1.67. The summed E-state index contributed by atoms with van der Waals surface area (Å²) >= 11 is 0. The summed E-state index contributed by atoms with van der Waals surface area (Å²) in [5.41, 5.74) is 2.03. The molecule has 0 fully saturated rings. The van der Waals surface area contributed by atoms with E-state index in [2.05, 4.69) is 17.0 Å². The zero-order chi connectivity index (χ0) is 17.0. The third-order valence-corrected chi connectivity index (χ3v) is 3.52. The van der Waals surface area contributed by atoms with E-state index in [1.165, 1.54) is 15.6 Å². The zero-order valence-electron chi connectivity index (χ0n) is 13.6. The molecule has 1 aromatic carbocycles. The van der Waals surface area contributed by atoms with E-state index >= 15 is 0 Å². The van der Waals surface area contributed by atoms with Crippen molar-refractivity contribution in [1.82, 2.24) is 20.0 Å². The van der Waals surface area contributed by atoms with Crippen LogP contribution >= 0.6 is 0 Å². The molecular weight excluding hydrogens is 295 g/mol. The van der Waals surface area contributed by atoms with Crippen molar-refractivity contribution < 1.29 is 9.18 Å². The summed E-state index contributed by atoms with van der Waals surface area (Å²) in [5, 5.41) is 6.93. The van der Waals surface area contributed by atoms with Crippen LogP contribution in [0, 0.1) is 12.7 Å². The molecule has 0 saturated carbocycles. The van der Waals surface area contributed by atoms with Gasteiger partial charge in [-0.25, -0.2) is 13.9 Å². The highest BCUT2D eigenvalue weighted by Gasteiger charge is 2.15. The van der Waals surface area contributed by atoms with Gasteiger partial charge in [0.2, 0.25) is 0 Å². The molecule has 6 heteroatoms. The molecular formula is C17H21FN4O. The number of benzene rings is 1. The molecule has 2 amide bonds. The number of aryl methyl sites for hydroxylation is 1. The van der Waals surface area contributed by atoms with Crippen LogP contribution in [-0.2, 0) is 0 Å². The number of rotatable bonds is 5. The minimum absolute atomic E-state index is 0.232. The second kappa shape index (κ2) is 7.09. The van der Waals surface area contributed by atoms with E-state index in [4.69, 9.17) is 0 Å². The van der Waals surface area contributed by atoms with Crippen molar-refractivity contribution in [2.75, 3.05) is 13.6 Å². The van der Waals surface area contributed by atoms with Crippen LogP contribution in [0.15, 0.2) is 43.2 Å². The quantitative estimate of drug-likeness (QED) is 0.861. The monoisotopic (exact) mass is 316 g/mol. The highest BCUT2D eigenvalue weighted by molar-refractivity contribution is 5.74. The molecule has 1 heterocycles. The Kier molecular flexibility index (Phi) is 5.16. The van der Waals surface area contributed by atoms with Gasteiger partial charge < -0.3 is 10.2 Å². The third kappa shape index (κ3) is 3.97. The normalized spacial score (nSPS) is 11.8. The number of urea groups is 1. The van der Waals surface area contributed by atoms with Crippen LogP contribution in [0.3, 0.4) is 0 Å². The van der Waals surface area contributed by atoms with Crippen LogP contribution < -0.4 is 5.32 Å². The third-order valence-electron chi connectivity index (χ3n) is 3.52. The van der Waals surface area contributed by atoms with Crippen LogP contribution in [0.1, 0.15) is 24.1 Å². The maximum absolute atomic E-state index is 14.3. The molecule has 2 rings (SSSR count). The lowest BCUT2D eigenvalue weighted by Gasteiger charge is -2.20. The predicted molar refractivity (Wildman–Crippen MR) is 88.0 cm³/mol. The lowest BCUT2D eigenvalue weighted by atomic mass is 10.1. The Morgan fingerprint density at radius 1 is 1.57 bits per heavy atom. The maximum atomic E-state index is 14.3. The molecule has 122 valence electrons. The predicted octanol–water partition coefficient (Wildman–Crippen LogP) is 3.21. The summed E-state index contributed by atoms with van der Waals surface area (Å²) < 4.78 is 15.8. The maximum Gasteiger partial charge on any atom is 0.317 e. The lowest BCUT2D eigenvalue weighted by Crippen LogP contribution is -2.38. The van der Waals surface area contributed by atoms with Gasteiger partial charge >= 0.3 is 6.03 Å². The highest BCUT2D eigenvalue weighted by Crippen LogP contribution is 2.19. The van der Waals surface area contributed by atoms with Crippen LogP contribution in [0.4, 0.5) is 9.18 Å². The molecule has 1 aromatic heterocycles. The highest BCUT2D eigenvalue weighted by atomic mass is 19.1. The lowest BCUT2D eigenvalue weighted by molar-refractivity contribution is 0.210. The zero-order valence-corrected chi connectivity index (χ0v) is 13.6. The summed E-state index contributed by atoms with van der Waals surface area (Å²) in [5.74, 6) is -0.383. The first-order valence-electron chi connectivity index (χ1n) is 7.36. The standard InChI is InChI=1S/C17H21FN4O/c1-5-8-21(4)17(23)20-13(3)14-6-7-16(15(18)9-14)22-11-12(2)10-19-22/h5-7,9-11,13H,1,8H2,2-4H3,(H,20,23). The van der Waals surface area contributed by atoms with Crippen molar-refractivity contribution in [3.63, 3.8) is 0 Å². The Balaban J connectivity index is 2.13. The molecule has 0 aliphatic carbocycles. The smallest absolute Gasteiger partial charge is 0.317 e. The molecule has 1 N–H and O–H groups in total. The van der Waals surface area contributed by atoms with Gasteiger partial charge in [-0.2, -0.15) is 5.10 Å². The van der Waals surface area contributed by atoms with Gasteiger partial charge in [-0.1, -0.05) is 12.1 Å². The first-order valence-corrected chi connectivity index (χ1v) is 7.36. The van der Waals surface area contributed by atoms with Gasteiger partial charge in [0.15, 0.2) is 0 Å². The van der Waals surface area contributed by atoms with E-state index in [9.17, 15) is 9.18 Å². The number of nitrogens with one attached hydrogen (secondary N) is 1. The Morgan fingerprint density at radius 3 is 2.87 bits per heavy atom. The Hall–Kier alpha value is -2.63. The van der Waals surface area contributed by atoms with Gasteiger partial charge in [-0.05, 0) is 37.1 Å². The molecule has 0 spiro atoms. The minimum Gasteiger partial charge on any atom is -0.331 e. The molecule has 2 aromatic rings. The summed E-state index contributed by atoms with van der Waals surface area (Å²) in [4.78, 5) is 13.5. The molecule has 0 bridgehead atoms. The second-order valence-corrected chi connectivity index (χ2v) is 5.51. The van der Waals surface area contributed by atoms with Crippen molar-refractivity contribution >= 4 is 6.03 Å². The van der Waals surface area contributed by atoms with E-state index in [-0.39, 0.29) is 17.9 Å². The number of aromatic nitrogens is 2. The van der Waals surface area contributed by atoms with Gasteiger partial charge in [-0.15, -0.1) is 6.58 Å². The molecule has 5 nitrogen and oxygen atoms in total. The van der Waals surface area contributed by atoms with Gasteiger partial charge in [0.05, 0.1) is 12.2 Å². The van der Waals surface area contributed by atoms with E-state index in [1.807, 2.05) is 13.8 Å². The van der Waals surface area contributed by atoms with Crippen LogP contribution in [-0.4, -0.2) is 34.3 Å². The first kappa shape index (κ1) is 16.7. The number of carbonyl (C=O) groups excluding carboxylic acids is 1. The second-order valence-electron chi connectivity index (χ2n) is 5.51. The van der Waals surface area contributed by atoms with E-state index < -0.39 is 0 Å². The fraction of sp³-hybridized carbons (Fsp3) is 0.294. The van der Waals surface area contributed by atoms with E-state index in [0.717, 1.165) is 5.56 Å². The van der Waals surface area contributed by atoms with Crippen molar-refractivity contribution in [1.29, 1.82) is 0 Å². The van der Waals surface area contributed by atoms with Crippen molar-refractivity contribution in [3.8, 4) is 5.69 Å². The average Bonchev–Trinajstić information content (AvgIpc) is 2.93. The average molecular weight is 316 g/mol. The molecule has 23 heavy (non-hydrogen) atoms. The van der Waals surface area contributed by atoms with Gasteiger partial charge in [-0.3, -0.25) is 0 Å². The molecule has 1 unspecified atom stereocenters. The number of hydrogen-bond acceptors (Lipinski definition) is 2. The fourth-order valence-corrected chi connectivity index (χ4v) is 2.18. The number of hydrogen-bond donors (Lipinski definition) is 1. The van der Waals surface area contributed by atoms with Crippen LogP contribution in [0.25, 0.3) is 5.69 Å². The molecule has 0 radical (unpaired) electrons. The fourth-order valence-electron chi connectivity index (χ4n) is 2.18. The molecule has 0 saturated heterocycles. The number of amides is 2. The van der Waals surface area contributed by atoms with Crippen molar-refractivity contribution in [2.24, 2.45) is 0 Å². The summed E-state index contributed by atoms with van der Waals surface area (Å²) in [6, 6.07) is 4.33. The number of nitrogens with zero attached hydrogens (tertiary/aromatic N) is 3. The van der Waals surface area contributed by atoms with Gasteiger partial charge in [0, 0.05) is 19.8 Å². The van der Waals surface area contributed by atoms with Crippen molar-refractivity contribution in [3.05, 3.63) is 60.2 Å². The minimum atomic E-state index is -0.383. The SMILES string of the molecule is C=CCN(C)C(=O)NC(C)c1ccc(-n2cc(C)cn2)c(F)c1. The first-order chi connectivity index (χ1) is 10.9. The summed E-state index contributed by atoms with van der Waals surface area (Å²) in [6.45, 7) is 7.75. The largest absolute Gasteiger partial charge is 0.331 e. The number of likely N-dealkylation sites (N-methyl/N-ethyl adjacent to an activating group) is 1. The van der Waals surface area contributed by atoms with E-state index in [0.29, 0.717) is 17.8 Å². The number of carbonyl (C=O) groups is 1. The van der Waals surface area contributed by atoms with Crippen molar-refractivity contribution in [2.45, 2.75) is 19.9 Å². The Bertz CT molecular complexity index is 710. The molecule has 0 aliphatic rings. The van der Waals surface area contributed by atoms with Gasteiger partial charge in [0.25, 0.3) is 0 Å². The number of halogens is 1. The van der Waals surface area contributed by atoms with Gasteiger partial charge in [0.1, 0.15) is 11.5 Å². The Labute approximate surface area is 135 Å². The molecule has 0 aliphatic heterocycles. The molecule has 1 atom stereocenters. The Morgan fingerprint density at radius 2 is 2.30 bits per heavy atom.